The Bertz CT molecular complexity index is 903. The van der Waals surface area contributed by atoms with Crippen LogP contribution in [-0.4, -0.2) is 39.6 Å². The molecule has 1 aromatic heterocycles. The molecular formula is C25H36N4O2. The molecule has 0 atom stereocenters. The molecular weight excluding hydrogens is 388 g/mol. The number of benzene rings is 1. The molecule has 0 saturated carbocycles. The summed E-state index contributed by atoms with van der Waals surface area (Å²) in [5, 5.41) is 4.35. The monoisotopic (exact) mass is 424 g/mol. The second-order valence-electron chi connectivity index (χ2n) is 9.07. The predicted octanol–water partition coefficient (Wildman–Crippen LogP) is 4.71. The maximum Gasteiger partial charge on any atom is 0.257 e. The lowest BCUT2D eigenvalue weighted by Gasteiger charge is -2.30. The SMILES string of the molecule is Cc1nn(C)cc1C(=O)N1CCCCCCCN(C(=O)CC(C)C)c2ccccc2C1. The Hall–Kier alpha value is -2.63. The molecule has 0 saturated heterocycles. The first kappa shape index (κ1) is 23.0. The summed E-state index contributed by atoms with van der Waals surface area (Å²) in [6, 6.07) is 8.05. The van der Waals surface area contributed by atoms with Crippen molar-refractivity contribution < 1.29 is 9.59 Å². The topological polar surface area (TPSA) is 58.4 Å². The van der Waals surface area contributed by atoms with Gasteiger partial charge in [0.1, 0.15) is 0 Å². The number of aryl methyl sites for hydroxylation is 2. The van der Waals surface area contributed by atoms with Gasteiger partial charge in [-0.05, 0) is 37.3 Å². The van der Waals surface area contributed by atoms with Crippen molar-refractivity contribution in [3.63, 3.8) is 0 Å². The van der Waals surface area contributed by atoms with Gasteiger partial charge in [0.15, 0.2) is 0 Å². The Balaban J connectivity index is 1.95. The van der Waals surface area contributed by atoms with Gasteiger partial charge in [0.2, 0.25) is 5.91 Å². The number of carbonyl (C=O) groups excluding carboxylic acids is 2. The lowest BCUT2D eigenvalue weighted by molar-refractivity contribution is -0.119. The van der Waals surface area contributed by atoms with Crippen LogP contribution in [0.5, 0.6) is 0 Å². The van der Waals surface area contributed by atoms with Crippen LogP contribution in [0, 0.1) is 12.8 Å². The second-order valence-corrected chi connectivity index (χ2v) is 9.07. The number of anilines is 1. The molecule has 6 nitrogen and oxygen atoms in total. The molecule has 1 aliphatic rings. The molecule has 6 heteroatoms. The van der Waals surface area contributed by atoms with Crippen LogP contribution >= 0.6 is 0 Å². The van der Waals surface area contributed by atoms with E-state index in [2.05, 4.69) is 18.9 Å². The lowest BCUT2D eigenvalue weighted by atomic mass is 10.0. The largest absolute Gasteiger partial charge is 0.334 e. The molecule has 0 radical (unpaired) electrons. The van der Waals surface area contributed by atoms with Crippen molar-refractivity contribution in [3.05, 3.63) is 47.3 Å². The first-order valence-electron chi connectivity index (χ1n) is 11.5. The van der Waals surface area contributed by atoms with Gasteiger partial charge in [-0.15, -0.1) is 0 Å². The van der Waals surface area contributed by atoms with Gasteiger partial charge in [-0.2, -0.15) is 5.10 Å². The van der Waals surface area contributed by atoms with Gasteiger partial charge in [0.05, 0.1) is 11.3 Å². The highest BCUT2D eigenvalue weighted by Gasteiger charge is 2.24. The fourth-order valence-electron chi connectivity index (χ4n) is 4.29. The van der Waals surface area contributed by atoms with Gasteiger partial charge in [-0.1, -0.05) is 51.3 Å². The molecule has 2 amide bonds. The van der Waals surface area contributed by atoms with Crippen LogP contribution in [0.25, 0.3) is 0 Å². The maximum absolute atomic E-state index is 13.4. The summed E-state index contributed by atoms with van der Waals surface area (Å²) in [6.45, 7) is 7.98. The van der Waals surface area contributed by atoms with E-state index in [4.69, 9.17) is 0 Å². The Morgan fingerprint density at radius 1 is 1.03 bits per heavy atom. The van der Waals surface area contributed by atoms with Gasteiger partial charge in [0, 0.05) is 45.0 Å². The summed E-state index contributed by atoms with van der Waals surface area (Å²) in [7, 11) is 1.84. The van der Waals surface area contributed by atoms with Crippen LogP contribution in [0.15, 0.2) is 30.5 Å². The molecule has 0 N–H and O–H groups in total. The molecule has 31 heavy (non-hydrogen) atoms. The number of para-hydroxylation sites is 1. The second kappa shape index (κ2) is 10.6. The van der Waals surface area contributed by atoms with E-state index in [1.54, 1.807) is 10.9 Å². The molecule has 2 heterocycles. The number of nitrogens with zero attached hydrogens (tertiary/aromatic N) is 4. The average molecular weight is 425 g/mol. The summed E-state index contributed by atoms with van der Waals surface area (Å²) in [5.41, 5.74) is 3.37. The molecule has 3 rings (SSSR count). The summed E-state index contributed by atoms with van der Waals surface area (Å²) >= 11 is 0. The zero-order valence-corrected chi connectivity index (χ0v) is 19.4. The summed E-state index contributed by atoms with van der Waals surface area (Å²) in [5.74, 6) is 0.491. The number of aromatic nitrogens is 2. The van der Waals surface area contributed by atoms with Crippen molar-refractivity contribution in [2.75, 3.05) is 18.0 Å². The van der Waals surface area contributed by atoms with Crippen LogP contribution in [0.3, 0.4) is 0 Å². The fourth-order valence-corrected chi connectivity index (χ4v) is 4.29. The van der Waals surface area contributed by atoms with Gasteiger partial charge in [-0.25, -0.2) is 0 Å². The molecule has 0 unspecified atom stereocenters. The molecule has 0 spiro atoms. The van der Waals surface area contributed by atoms with E-state index in [-0.39, 0.29) is 11.8 Å². The van der Waals surface area contributed by atoms with Crippen molar-refractivity contribution in [2.24, 2.45) is 13.0 Å². The molecule has 168 valence electrons. The average Bonchev–Trinajstić information content (AvgIpc) is 3.05. The number of rotatable bonds is 3. The first-order chi connectivity index (χ1) is 14.9. The smallest absolute Gasteiger partial charge is 0.257 e. The summed E-state index contributed by atoms with van der Waals surface area (Å²) < 4.78 is 1.69. The van der Waals surface area contributed by atoms with Crippen molar-refractivity contribution >= 4 is 17.5 Å². The van der Waals surface area contributed by atoms with E-state index in [0.717, 1.165) is 55.6 Å². The molecule has 2 aromatic rings. The number of hydrogen-bond acceptors (Lipinski definition) is 3. The van der Waals surface area contributed by atoms with Gasteiger partial charge < -0.3 is 9.80 Å². The van der Waals surface area contributed by atoms with E-state index in [0.29, 0.717) is 31.0 Å². The Kier molecular flexibility index (Phi) is 7.88. The highest BCUT2D eigenvalue weighted by Crippen LogP contribution is 2.26. The normalized spacial score (nSPS) is 15.9. The molecule has 1 aromatic carbocycles. The maximum atomic E-state index is 13.4. The van der Waals surface area contributed by atoms with Gasteiger partial charge in [-0.3, -0.25) is 14.3 Å². The molecule has 0 fully saturated rings. The van der Waals surface area contributed by atoms with Gasteiger partial charge >= 0.3 is 0 Å². The van der Waals surface area contributed by atoms with Crippen molar-refractivity contribution in [1.29, 1.82) is 0 Å². The van der Waals surface area contributed by atoms with E-state index < -0.39 is 0 Å². The highest BCUT2D eigenvalue weighted by atomic mass is 16.2. The predicted molar refractivity (Wildman–Crippen MR) is 124 cm³/mol. The van der Waals surface area contributed by atoms with Crippen molar-refractivity contribution in [2.45, 2.75) is 65.8 Å². The van der Waals surface area contributed by atoms with Crippen molar-refractivity contribution in [3.8, 4) is 0 Å². The zero-order chi connectivity index (χ0) is 22.4. The number of fused-ring (bicyclic) bond motifs is 1. The third-order valence-corrected chi connectivity index (χ3v) is 5.87. The number of amides is 2. The van der Waals surface area contributed by atoms with E-state index >= 15 is 0 Å². The first-order valence-corrected chi connectivity index (χ1v) is 11.5. The Morgan fingerprint density at radius 3 is 2.39 bits per heavy atom. The Labute approximate surface area is 186 Å². The van der Waals surface area contributed by atoms with E-state index in [1.807, 2.05) is 48.0 Å². The summed E-state index contributed by atoms with van der Waals surface area (Å²) in [4.78, 5) is 30.4. The molecule has 0 bridgehead atoms. The minimum atomic E-state index is 0.0116. The van der Waals surface area contributed by atoms with E-state index in [1.165, 1.54) is 0 Å². The van der Waals surface area contributed by atoms with E-state index in [9.17, 15) is 9.59 Å². The number of carbonyl (C=O) groups is 2. The quantitative estimate of drug-likeness (QED) is 0.717. The third kappa shape index (κ3) is 5.96. The lowest BCUT2D eigenvalue weighted by Crippen LogP contribution is -2.36. The fraction of sp³-hybridized carbons (Fsp3) is 0.560. The van der Waals surface area contributed by atoms with Crippen molar-refractivity contribution in [1.82, 2.24) is 14.7 Å². The van der Waals surface area contributed by atoms with Crippen LogP contribution in [-0.2, 0) is 18.4 Å². The molecule has 0 aliphatic carbocycles. The number of hydrogen-bond donors (Lipinski definition) is 0. The third-order valence-electron chi connectivity index (χ3n) is 5.87. The zero-order valence-electron chi connectivity index (χ0n) is 19.4. The Morgan fingerprint density at radius 2 is 1.71 bits per heavy atom. The highest BCUT2D eigenvalue weighted by molar-refractivity contribution is 5.96. The standard InChI is InChI=1S/C25H36N4O2/c1-19(2)16-24(30)29-15-11-7-5-6-10-14-28(17-21-12-8-9-13-23(21)29)25(31)22-18-27(4)26-20(22)3/h8-9,12-13,18-19H,5-7,10-11,14-17H2,1-4H3. The van der Waals surface area contributed by atoms with Crippen LogP contribution in [0.1, 0.15) is 74.0 Å². The summed E-state index contributed by atoms with van der Waals surface area (Å²) in [6.07, 6.45) is 7.66. The molecule has 1 aliphatic heterocycles. The van der Waals surface area contributed by atoms with Crippen LogP contribution in [0.2, 0.25) is 0 Å². The minimum Gasteiger partial charge on any atom is -0.334 e. The van der Waals surface area contributed by atoms with Crippen LogP contribution < -0.4 is 4.90 Å². The van der Waals surface area contributed by atoms with Gasteiger partial charge in [0.25, 0.3) is 5.91 Å². The van der Waals surface area contributed by atoms with Crippen LogP contribution in [0.4, 0.5) is 5.69 Å². The minimum absolute atomic E-state index is 0.0116.